The lowest BCUT2D eigenvalue weighted by atomic mass is 9.80. The Morgan fingerprint density at radius 2 is 1.49 bits per heavy atom. The van der Waals surface area contributed by atoms with Crippen molar-refractivity contribution in [2.75, 3.05) is 9.80 Å². The number of nitriles is 1. The molecule has 0 radical (unpaired) electrons. The maximum atomic E-state index is 9.79. The van der Waals surface area contributed by atoms with E-state index in [0.717, 1.165) is 12.0 Å². The molecule has 240 valence electrons. The molecule has 5 atom stereocenters. The Hall–Kier alpha value is -5.37. The molecule has 1 saturated heterocycles. The number of fused-ring (bicyclic) bond motifs is 6. The molecule has 0 amide bonds. The Labute approximate surface area is 289 Å². The van der Waals surface area contributed by atoms with Crippen LogP contribution in [-0.4, -0.2) is 12.1 Å². The van der Waals surface area contributed by atoms with Gasteiger partial charge in [0.25, 0.3) is 0 Å². The predicted octanol–water partition coefficient (Wildman–Crippen LogP) is 10.2. The summed E-state index contributed by atoms with van der Waals surface area (Å²) in [5.41, 5.74) is 13.6. The number of benzene rings is 5. The summed E-state index contributed by atoms with van der Waals surface area (Å²) in [7, 11) is 0. The van der Waals surface area contributed by atoms with Gasteiger partial charge >= 0.3 is 0 Å². The Balaban J connectivity index is 1.18. The van der Waals surface area contributed by atoms with E-state index in [-0.39, 0.29) is 35.6 Å². The third-order valence-corrected chi connectivity index (χ3v) is 11.4. The van der Waals surface area contributed by atoms with Crippen molar-refractivity contribution in [1.82, 2.24) is 5.32 Å². The summed E-state index contributed by atoms with van der Waals surface area (Å²) in [5, 5.41) is 13.8. The van der Waals surface area contributed by atoms with Crippen LogP contribution < -0.4 is 15.1 Å². The zero-order valence-corrected chi connectivity index (χ0v) is 28.2. The van der Waals surface area contributed by atoms with Crippen molar-refractivity contribution in [2.24, 2.45) is 0 Å². The van der Waals surface area contributed by atoms with Gasteiger partial charge in [0.15, 0.2) is 0 Å². The minimum absolute atomic E-state index is 0.0386. The zero-order chi connectivity index (χ0) is 33.3. The predicted molar refractivity (Wildman–Crippen MR) is 200 cm³/mol. The Morgan fingerprint density at radius 1 is 0.735 bits per heavy atom. The molecule has 0 saturated carbocycles. The monoisotopic (exact) mass is 636 g/mol. The van der Waals surface area contributed by atoms with E-state index in [2.05, 4.69) is 163 Å². The molecule has 4 aliphatic rings. The zero-order valence-electron chi connectivity index (χ0n) is 28.2. The molecule has 1 N–H and O–H groups in total. The van der Waals surface area contributed by atoms with Gasteiger partial charge in [-0.3, -0.25) is 5.32 Å². The first-order valence-electron chi connectivity index (χ1n) is 17.6. The molecule has 4 nitrogen and oxygen atoms in total. The second-order valence-corrected chi connectivity index (χ2v) is 14.4. The van der Waals surface area contributed by atoms with Crippen LogP contribution in [0.1, 0.15) is 78.7 Å². The summed E-state index contributed by atoms with van der Waals surface area (Å²) in [6, 6.07) is 44.8. The van der Waals surface area contributed by atoms with Gasteiger partial charge in [0.05, 0.1) is 29.8 Å². The molecule has 0 aromatic heterocycles. The standard InChI is InChI=1S/C45H40N4/c1-4-40-43(30-15-6-5-7-16-30)47-44(31-17-12-14-29(24-31)28-46)49(40)33-19-13-18-32(25-33)48-41-23-11-9-21-35(41)37-26-39-36(27-42(37)48)34-20-8-10-22-38(34)45(39,2)3/h5-27,35,40-41,43-44,47H,4H2,1-3H3. The fourth-order valence-corrected chi connectivity index (χ4v) is 9.13. The average molecular weight is 637 g/mol. The smallest absolute Gasteiger partial charge is 0.107 e. The van der Waals surface area contributed by atoms with E-state index < -0.39 is 0 Å². The largest absolute Gasteiger partial charge is 0.347 e. The highest BCUT2D eigenvalue weighted by Gasteiger charge is 2.44. The van der Waals surface area contributed by atoms with Crippen molar-refractivity contribution >= 4 is 17.1 Å². The molecule has 5 aromatic carbocycles. The molecule has 5 aromatic rings. The molecule has 2 heterocycles. The third-order valence-electron chi connectivity index (χ3n) is 11.4. The van der Waals surface area contributed by atoms with Crippen LogP contribution >= 0.6 is 0 Å². The van der Waals surface area contributed by atoms with Crippen LogP contribution in [0.3, 0.4) is 0 Å². The van der Waals surface area contributed by atoms with Crippen LogP contribution in [0.2, 0.25) is 0 Å². The van der Waals surface area contributed by atoms with E-state index in [4.69, 9.17) is 0 Å². The Bertz CT molecular complexity index is 2190. The summed E-state index contributed by atoms with van der Waals surface area (Å²) in [6.07, 6.45) is 10.1. The molecular formula is C45H40N4. The minimum Gasteiger partial charge on any atom is -0.347 e. The van der Waals surface area contributed by atoms with Gasteiger partial charge < -0.3 is 9.80 Å². The third kappa shape index (κ3) is 4.53. The molecule has 2 aliphatic carbocycles. The quantitative estimate of drug-likeness (QED) is 0.208. The van der Waals surface area contributed by atoms with Crippen LogP contribution in [0.4, 0.5) is 17.1 Å². The highest BCUT2D eigenvalue weighted by atomic mass is 15.4. The molecule has 49 heavy (non-hydrogen) atoms. The van der Waals surface area contributed by atoms with Crippen LogP contribution in [0, 0.1) is 11.3 Å². The van der Waals surface area contributed by atoms with Gasteiger partial charge in [0.2, 0.25) is 0 Å². The molecule has 9 rings (SSSR count). The number of nitrogens with zero attached hydrogens (tertiary/aromatic N) is 3. The summed E-state index contributed by atoms with van der Waals surface area (Å²) in [4.78, 5) is 5.13. The van der Waals surface area contributed by atoms with Gasteiger partial charge in [-0.2, -0.15) is 5.26 Å². The van der Waals surface area contributed by atoms with Gasteiger partial charge in [-0.25, -0.2) is 0 Å². The fraction of sp³-hybridized carbons (Fsp3) is 0.222. The average Bonchev–Trinajstić information content (AvgIpc) is 3.77. The van der Waals surface area contributed by atoms with Crippen LogP contribution in [0.25, 0.3) is 11.1 Å². The first kappa shape index (κ1) is 29.7. The molecule has 0 spiro atoms. The van der Waals surface area contributed by atoms with E-state index in [0.29, 0.717) is 5.56 Å². The number of allylic oxidation sites excluding steroid dienone is 2. The fourth-order valence-electron chi connectivity index (χ4n) is 9.13. The van der Waals surface area contributed by atoms with Gasteiger partial charge in [0.1, 0.15) is 6.17 Å². The van der Waals surface area contributed by atoms with Crippen LogP contribution in [-0.2, 0) is 5.41 Å². The molecule has 2 aliphatic heterocycles. The maximum absolute atomic E-state index is 9.79. The Kier molecular flexibility index (Phi) is 6.90. The second kappa shape index (κ2) is 11.4. The summed E-state index contributed by atoms with van der Waals surface area (Å²) in [6.45, 7) is 7.02. The van der Waals surface area contributed by atoms with Gasteiger partial charge in [-0.05, 0) is 81.8 Å². The molecular weight excluding hydrogens is 597 g/mol. The summed E-state index contributed by atoms with van der Waals surface area (Å²) in [5.74, 6) is 0.286. The second-order valence-electron chi connectivity index (χ2n) is 14.4. The highest BCUT2D eigenvalue weighted by Crippen LogP contribution is 2.56. The Morgan fingerprint density at radius 3 is 2.33 bits per heavy atom. The lowest BCUT2D eigenvalue weighted by molar-refractivity contribution is 0.533. The van der Waals surface area contributed by atoms with E-state index >= 15 is 0 Å². The van der Waals surface area contributed by atoms with Gasteiger partial charge in [-0.1, -0.05) is 124 Å². The van der Waals surface area contributed by atoms with Crippen molar-refractivity contribution in [2.45, 2.75) is 62.8 Å². The van der Waals surface area contributed by atoms with Crippen molar-refractivity contribution in [3.8, 4) is 17.2 Å². The number of hydrogen-bond donors (Lipinski definition) is 1. The van der Waals surface area contributed by atoms with Crippen molar-refractivity contribution in [1.29, 1.82) is 5.26 Å². The highest BCUT2D eigenvalue weighted by molar-refractivity contribution is 5.88. The summed E-state index contributed by atoms with van der Waals surface area (Å²) < 4.78 is 0. The minimum atomic E-state index is -0.0863. The van der Waals surface area contributed by atoms with Crippen molar-refractivity contribution < 1.29 is 0 Å². The molecule has 0 bridgehead atoms. The van der Waals surface area contributed by atoms with Crippen LogP contribution in [0.15, 0.2) is 140 Å². The van der Waals surface area contributed by atoms with Gasteiger partial charge in [-0.15, -0.1) is 0 Å². The normalized spacial score (nSPS) is 23.9. The van der Waals surface area contributed by atoms with Crippen LogP contribution in [0.5, 0.6) is 0 Å². The van der Waals surface area contributed by atoms with Crippen molar-refractivity contribution in [3.63, 3.8) is 0 Å². The first-order chi connectivity index (χ1) is 24.0. The van der Waals surface area contributed by atoms with E-state index in [1.54, 1.807) is 0 Å². The first-order valence-corrected chi connectivity index (χ1v) is 17.6. The topological polar surface area (TPSA) is 42.3 Å². The summed E-state index contributed by atoms with van der Waals surface area (Å²) >= 11 is 0. The number of rotatable bonds is 5. The van der Waals surface area contributed by atoms with E-state index in [9.17, 15) is 5.26 Å². The number of nitrogens with one attached hydrogen (secondary N) is 1. The van der Waals surface area contributed by atoms with Gasteiger partial charge in [0, 0.05) is 28.4 Å². The lowest BCUT2D eigenvalue weighted by Gasteiger charge is -2.34. The molecule has 1 fully saturated rings. The molecule has 4 heteroatoms. The SMILES string of the molecule is CCC1C(c2ccccc2)NC(c2cccc(C#N)c2)N1c1cccc(N2c3cc4c(cc3C3C=CC=CC32)C(C)(C)c2ccccc2-4)c1. The maximum Gasteiger partial charge on any atom is 0.107 e. The van der Waals surface area contributed by atoms with E-state index in [1.807, 2.05) is 18.2 Å². The number of anilines is 3. The van der Waals surface area contributed by atoms with Crippen molar-refractivity contribution in [3.05, 3.63) is 173 Å². The molecule has 5 unspecified atom stereocenters. The number of hydrogen-bond acceptors (Lipinski definition) is 4. The van der Waals surface area contributed by atoms with E-state index in [1.165, 1.54) is 50.4 Å². The lowest BCUT2D eigenvalue weighted by Crippen LogP contribution is -2.34.